The maximum Gasteiger partial charge on any atom is 0.441 e. The molecule has 3 nitrogen and oxygen atoms in total. The molecule has 0 N–H and O–H groups in total. The van der Waals surface area contributed by atoms with Gasteiger partial charge in [0.1, 0.15) is 0 Å². The molecule has 0 fully saturated rings. The van der Waals surface area contributed by atoms with Gasteiger partial charge in [-0.2, -0.15) is 0 Å². The summed E-state index contributed by atoms with van der Waals surface area (Å²) in [7, 11) is 0. The van der Waals surface area contributed by atoms with E-state index >= 15 is 0 Å². The van der Waals surface area contributed by atoms with Crippen LogP contribution < -0.4 is 0 Å². The molecule has 0 aromatic heterocycles. The maximum absolute atomic E-state index is 10.4. The van der Waals surface area contributed by atoms with E-state index in [4.69, 9.17) is 0 Å². The van der Waals surface area contributed by atoms with E-state index < -0.39 is 0 Å². The minimum Gasteiger partial charge on any atom is -0.212 e. The molecule has 1 radical (unpaired) electrons. The van der Waals surface area contributed by atoms with Crippen molar-refractivity contribution in [3.8, 4) is 0 Å². The van der Waals surface area contributed by atoms with Crippen LogP contribution in [0.2, 0.25) is 0 Å². The lowest BCUT2D eigenvalue weighted by Crippen LogP contribution is -2.12. The molecule has 0 atom stereocenters. The van der Waals surface area contributed by atoms with Crippen LogP contribution in [0, 0.1) is 0 Å². The van der Waals surface area contributed by atoms with E-state index in [0.29, 0.717) is 0 Å². The summed E-state index contributed by atoms with van der Waals surface area (Å²) in [6, 6.07) is 0. The molecule has 1 heterocycles. The average Bonchev–Trinajstić information content (AvgIpc) is 1.77. The summed E-state index contributed by atoms with van der Waals surface area (Å²) in [5, 5.41) is 3.45. The number of nitrogens with zero attached hydrogens (tertiary/aromatic N) is 2. The Kier molecular flexibility index (Phi) is 1.04. The van der Waals surface area contributed by atoms with Crippen LogP contribution in [-0.2, 0) is 4.79 Å². The highest BCUT2D eigenvalue weighted by Gasteiger charge is 2.11. The number of carbonyl (C=O) groups excluding carboxylic acids is 1. The van der Waals surface area contributed by atoms with Crippen LogP contribution in [0.3, 0.4) is 0 Å². The van der Waals surface area contributed by atoms with E-state index in [9.17, 15) is 4.79 Å². The third kappa shape index (κ3) is 0.703. The number of amides is 1. The summed E-state index contributed by atoms with van der Waals surface area (Å²) in [6.07, 6.45) is 5.25. The minimum atomic E-state index is -0.219. The molecule has 0 aromatic carbocycles. The van der Waals surface area contributed by atoms with Gasteiger partial charge in [0, 0.05) is 5.10 Å². The van der Waals surface area contributed by atoms with Crippen LogP contribution in [0.4, 0.5) is 0 Å². The fourth-order valence-corrected chi connectivity index (χ4v) is 0.347. The third-order valence-corrected chi connectivity index (χ3v) is 0.733. The quantitative estimate of drug-likeness (QED) is 0.391. The highest BCUT2D eigenvalue weighted by molar-refractivity contribution is 5.89. The molecule has 0 aliphatic carbocycles. The lowest BCUT2D eigenvalue weighted by Gasteiger charge is -1.84. The molecular formula is C5H4N2O+. The summed E-state index contributed by atoms with van der Waals surface area (Å²) < 4.78 is 0.972. The van der Waals surface area contributed by atoms with Crippen LogP contribution in [0.25, 0.3) is 0 Å². The normalized spacial score (nSPS) is 17.5. The third-order valence-electron chi connectivity index (χ3n) is 0.733. The molecule has 0 bridgehead atoms. The first-order chi connectivity index (χ1) is 3.80. The van der Waals surface area contributed by atoms with E-state index in [2.05, 4.69) is 18.0 Å². The second-order valence-electron chi connectivity index (χ2n) is 1.30. The fourth-order valence-electron chi connectivity index (χ4n) is 0.347. The lowest BCUT2D eigenvalue weighted by molar-refractivity contribution is -0.440. The van der Waals surface area contributed by atoms with Crippen molar-refractivity contribution < 1.29 is 9.48 Å². The monoisotopic (exact) mass is 108 g/mol. The van der Waals surface area contributed by atoms with Crippen LogP contribution in [0.15, 0.2) is 17.3 Å². The average molecular weight is 108 g/mol. The van der Waals surface area contributed by atoms with E-state index in [1.54, 1.807) is 0 Å². The number of carbonyl (C=O) groups is 1. The Morgan fingerprint density at radius 1 is 1.88 bits per heavy atom. The smallest absolute Gasteiger partial charge is 0.212 e. The van der Waals surface area contributed by atoms with E-state index in [1.165, 1.54) is 12.2 Å². The van der Waals surface area contributed by atoms with Gasteiger partial charge in [-0.25, -0.2) is 4.79 Å². The Labute approximate surface area is 46.6 Å². The molecule has 1 rings (SSSR count). The Bertz CT molecular complexity index is 169. The summed E-state index contributed by atoms with van der Waals surface area (Å²) in [5.74, 6) is -0.219. The molecule has 0 saturated heterocycles. The van der Waals surface area contributed by atoms with E-state index in [-0.39, 0.29) is 5.91 Å². The zero-order valence-electron chi connectivity index (χ0n) is 4.16. The highest BCUT2D eigenvalue weighted by atomic mass is 16.2. The van der Waals surface area contributed by atoms with Crippen LogP contribution in [0.1, 0.15) is 0 Å². The molecule has 39 valence electrons. The number of hydrogen-bond donors (Lipinski definition) is 0. The summed E-state index contributed by atoms with van der Waals surface area (Å²) >= 11 is 0. The lowest BCUT2D eigenvalue weighted by atomic mass is 10.5. The first-order valence-corrected chi connectivity index (χ1v) is 2.08. The summed E-state index contributed by atoms with van der Waals surface area (Å²) in [6.45, 7) is 3.28. The molecular weight excluding hydrogens is 104 g/mol. The van der Waals surface area contributed by atoms with Crippen molar-refractivity contribution in [2.24, 2.45) is 5.10 Å². The van der Waals surface area contributed by atoms with Crippen molar-refractivity contribution in [2.75, 3.05) is 0 Å². The topological polar surface area (TPSA) is 32.4 Å². The highest BCUT2D eigenvalue weighted by Crippen LogP contribution is 1.84. The molecule has 0 aromatic rings. The second-order valence-corrected chi connectivity index (χ2v) is 1.30. The predicted octanol–water partition coefficient (Wildman–Crippen LogP) is -0.341. The Balaban J connectivity index is 2.89. The number of allylic oxidation sites excluding steroid dienone is 1. The molecule has 1 amide bonds. The molecule has 0 saturated carbocycles. The zero-order chi connectivity index (χ0) is 5.98. The van der Waals surface area contributed by atoms with Crippen LogP contribution in [-0.4, -0.2) is 23.5 Å². The first-order valence-electron chi connectivity index (χ1n) is 2.08. The van der Waals surface area contributed by atoms with Gasteiger partial charge >= 0.3 is 5.91 Å². The zero-order valence-corrected chi connectivity index (χ0v) is 4.16. The van der Waals surface area contributed by atoms with Crippen molar-refractivity contribution >= 4 is 18.8 Å². The van der Waals surface area contributed by atoms with E-state index in [0.717, 1.165) is 4.68 Å². The van der Waals surface area contributed by atoms with Crippen LogP contribution >= 0.6 is 0 Å². The Morgan fingerprint density at radius 3 is 3.00 bits per heavy atom. The fraction of sp³-hybridized carbons (Fsp3) is 0. The van der Waals surface area contributed by atoms with Crippen molar-refractivity contribution in [1.29, 1.82) is 0 Å². The summed E-state index contributed by atoms with van der Waals surface area (Å²) in [4.78, 5) is 10.4. The Hall–Kier alpha value is -1.25. The minimum absolute atomic E-state index is 0.219. The molecule has 1 aliphatic heterocycles. The van der Waals surface area contributed by atoms with Crippen molar-refractivity contribution in [3.05, 3.63) is 12.2 Å². The van der Waals surface area contributed by atoms with Gasteiger partial charge in [0.15, 0.2) is 12.9 Å². The largest absolute Gasteiger partial charge is 0.441 e. The summed E-state index contributed by atoms with van der Waals surface area (Å²) in [5.41, 5.74) is 0. The molecule has 8 heavy (non-hydrogen) atoms. The molecule has 0 unspecified atom stereocenters. The second kappa shape index (κ2) is 1.69. The van der Waals surface area contributed by atoms with Crippen molar-refractivity contribution in [3.63, 3.8) is 0 Å². The van der Waals surface area contributed by atoms with Crippen LogP contribution in [0.5, 0.6) is 0 Å². The SMILES string of the molecule is C=[N+]1N=[C]C=CC1=O. The predicted molar refractivity (Wildman–Crippen MR) is 29.0 cm³/mol. The maximum atomic E-state index is 10.4. The van der Waals surface area contributed by atoms with Gasteiger partial charge < -0.3 is 0 Å². The molecule has 1 aliphatic rings. The van der Waals surface area contributed by atoms with Gasteiger partial charge in [-0.05, 0) is 10.8 Å². The van der Waals surface area contributed by atoms with Crippen molar-refractivity contribution in [1.82, 2.24) is 0 Å². The number of hydrazone groups is 1. The Morgan fingerprint density at radius 2 is 2.62 bits per heavy atom. The van der Waals surface area contributed by atoms with E-state index in [1.807, 2.05) is 0 Å². The van der Waals surface area contributed by atoms with Gasteiger partial charge in [0.25, 0.3) is 0 Å². The van der Waals surface area contributed by atoms with Gasteiger partial charge in [0.05, 0.1) is 6.08 Å². The van der Waals surface area contributed by atoms with Gasteiger partial charge in [-0.3, -0.25) is 0 Å². The standard InChI is InChI=1S/C5H4N2O/c1-7-5(8)3-2-4-6-7/h2-3H,1H2/q+1. The number of hydrogen-bond acceptors (Lipinski definition) is 2. The van der Waals surface area contributed by atoms with Gasteiger partial charge in [-0.1, -0.05) is 0 Å². The molecule has 0 spiro atoms. The number of rotatable bonds is 0. The van der Waals surface area contributed by atoms with Crippen molar-refractivity contribution in [2.45, 2.75) is 0 Å². The first kappa shape index (κ1) is 4.90. The van der Waals surface area contributed by atoms with Gasteiger partial charge in [-0.15, -0.1) is 0 Å². The van der Waals surface area contributed by atoms with Gasteiger partial charge in [0.2, 0.25) is 0 Å². The molecule has 3 heteroatoms.